The molecular weight excluding hydrogens is 330 g/mol. The summed E-state index contributed by atoms with van der Waals surface area (Å²) in [5, 5.41) is 0. The van der Waals surface area contributed by atoms with Gasteiger partial charge in [-0.2, -0.15) is 4.58 Å². The maximum Gasteiger partial charge on any atom is 0.231 e. The topological polar surface area (TPSA) is 21.5 Å². The van der Waals surface area contributed by atoms with E-state index in [-0.39, 0.29) is 17.0 Å². The summed E-state index contributed by atoms with van der Waals surface area (Å²) in [6, 6.07) is 12.8. The number of hydrogen-bond donors (Lipinski definition) is 0. The molecule has 2 aromatic carbocycles. The molecule has 4 rings (SSSR count). The Morgan fingerprint density at radius 2 is 1.71 bits per heavy atom. The third-order valence-corrected chi connectivity index (χ3v) is 3.92. The third-order valence-electron chi connectivity index (χ3n) is 3.92. The Labute approximate surface area is 134 Å². The highest BCUT2D eigenvalue weighted by Gasteiger charge is 2.23. The summed E-state index contributed by atoms with van der Waals surface area (Å²) in [6.45, 7) is 3.44. The van der Waals surface area contributed by atoms with Gasteiger partial charge in [0.2, 0.25) is 12.5 Å². The lowest BCUT2D eigenvalue weighted by Gasteiger charge is -2.13. The standard InChI is InChI=1S/C17H16NO2.BrH/c1-12-2-4-15(5-3-12)18-7-6-13-8-16-17(20-11-19-16)9-14(13)10-18;/h2-5,8-10H,6-7,11H2,1H3;1H/q+1;/p-1. The van der Waals surface area contributed by atoms with Crippen LogP contribution in [0.3, 0.4) is 0 Å². The zero-order chi connectivity index (χ0) is 13.5. The number of fused-ring (bicyclic) bond motifs is 2. The van der Waals surface area contributed by atoms with E-state index in [2.05, 4.69) is 54.1 Å². The molecule has 4 heteroatoms. The van der Waals surface area contributed by atoms with E-state index in [0.29, 0.717) is 6.79 Å². The normalized spacial score (nSPS) is 15.0. The number of aryl methyl sites for hydroxylation is 1. The molecule has 0 aromatic heterocycles. The third kappa shape index (κ3) is 2.56. The van der Waals surface area contributed by atoms with Gasteiger partial charge in [0.15, 0.2) is 24.3 Å². The number of nitrogens with zero attached hydrogens (tertiary/aromatic N) is 1. The van der Waals surface area contributed by atoms with Gasteiger partial charge in [-0.15, -0.1) is 0 Å². The summed E-state index contributed by atoms with van der Waals surface area (Å²) >= 11 is 0. The average Bonchev–Trinajstić information content (AvgIpc) is 2.92. The molecule has 0 radical (unpaired) electrons. The van der Waals surface area contributed by atoms with Crippen molar-refractivity contribution < 1.29 is 31.0 Å². The molecule has 3 nitrogen and oxygen atoms in total. The fourth-order valence-corrected chi connectivity index (χ4v) is 2.75. The second-order valence-corrected chi connectivity index (χ2v) is 5.31. The first-order chi connectivity index (χ1) is 9.79. The van der Waals surface area contributed by atoms with Crippen LogP contribution in [0.2, 0.25) is 0 Å². The number of rotatable bonds is 1. The maximum absolute atomic E-state index is 5.46. The lowest BCUT2D eigenvalue weighted by molar-refractivity contribution is -0.436. The minimum atomic E-state index is 0. The van der Waals surface area contributed by atoms with Crippen LogP contribution in [0.5, 0.6) is 11.5 Å². The van der Waals surface area contributed by atoms with Crippen LogP contribution >= 0.6 is 0 Å². The molecule has 0 bridgehead atoms. The van der Waals surface area contributed by atoms with Crippen molar-refractivity contribution in [2.45, 2.75) is 13.3 Å². The van der Waals surface area contributed by atoms with E-state index < -0.39 is 0 Å². The van der Waals surface area contributed by atoms with Gasteiger partial charge in [-0.25, -0.2) is 0 Å². The van der Waals surface area contributed by atoms with E-state index in [1.165, 1.54) is 22.4 Å². The first kappa shape index (κ1) is 14.1. The van der Waals surface area contributed by atoms with Crippen LogP contribution < -0.4 is 26.5 Å². The van der Waals surface area contributed by atoms with E-state index in [4.69, 9.17) is 9.47 Å². The van der Waals surface area contributed by atoms with Crippen molar-refractivity contribution >= 4 is 11.9 Å². The lowest BCUT2D eigenvalue weighted by Crippen LogP contribution is -3.00. The highest BCUT2D eigenvalue weighted by molar-refractivity contribution is 5.81. The van der Waals surface area contributed by atoms with Crippen LogP contribution in [-0.4, -0.2) is 24.1 Å². The molecule has 0 spiro atoms. The number of ether oxygens (including phenoxy) is 2. The van der Waals surface area contributed by atoms with Crippen molar-refractivity contribution in [3.05, 3.63) is 53.1 Å². The number of halogens is 1. The fraction of sp³-hybridized carbons (Fsp3) is 0.235. The zero-order valence-corrected chi connectivity index (χ0v) is 13.4. The second kappa shape index (κ2) is 5.53. The van der Waals surface area contributed by atoms with Crippen LogP contribution in [0.15, 0.2) is 36.4 Å². The summed E-state index contributed by atoms with van der Waals surface area (Å²) in [7, 11) is 0. The largest absolute Gasteiger partial charge is 1.00 e. The summed E-state index contributed by atoms with van der Waals surface area (Å²) in [5.41, 5.74) is 5.08. The van der Waals surface area contributed by atoms with Gasteiger partial charge < -0.3 is 26.5 Å². The quantitative estimate of drug-likeness (QED) is 0.681. The molecule has 0 saturated carbocycles. The fourth-order valence-electron chi connectivity index (χ4n) is 2.75. The van der Waals surface area contributed by atoms with Gasteiger partial charge in [0.05, 0.1) is 0 Å². The van der Waals surface area contributed by atoms with Gasteiger partial charge in [-0.05, 0) is 24.6 Å². The first-order valence-electron chi connectivity index (χ1n) is 6.90. The van der Waals surface area contributed by atoms with Gasteiger partial charge in [0.25, 0.3) is 0 Å². The predicted molar refractivity (Wildman–Crippen MR) is 77.4 cm³/mol. The SMILES string of the molecule is Cc1ccc([N+]2=Cc3cc4c(cc3CC2)OCO4)cc1.[Br-]. The molecular formula is C17H16BrNO2. The molecule has 0 saturated heterocycles. The van der Waals surface area contributed by atoms with E-state index in [1.807, 2.05) is 0 Å². The Kier molecular flexibility index (Phi) is 3.72. The molecule has 2 aliphatic rings. The Bertz CT molecular complexity index is 707. The minimum Gasteiger partial charge on any atom is -1.00 e. The highest BCUT2D eigenvalue weighted by atomic mass is 79.9. The molecule has 0 fully saturated rings. The van der Waals surface area contributed by atoms with Gasteiger partial charge in [-0.3, -0.25) is 0 Å². The monoisotopic (exact) mass is 345 g/mol. The molecule has 0 aliphatic carbocycles. The summed E-state index contributed by atoms with van der Waals surface area (Å²) in [6.07, 6.45) is 3.22. The second-order valence-electron chi connectivity index (χ2n) is 5.31. The summed E-state index contributed by atoms with van der Waals surface area (Å²) < 4.78 is 13.2. The van der Waals surface area contributed by atoms with Gasteiger partial charge >= 0.3 is 0 Å². The van der Waals surface area contributed by atoms with Crippen molar-refractivity contribution in [1.82, 2.24) is 0 Å². The summed E-state index contributed by atoms with van der Waals surface area (Å²) in [4.78, 5) is 0. The maximum atomic E-state index is 5.46. The van der Waals surface area contributed by atoms with E-state index >= 15 is 0 Å². The molecule has 0 amide bonds. The molecule has 108 valence electrons. The molecule has 0 unspecified atom stereocenters. The lowest BCUT2D eigenvalue weighted by atomic mass is 10.0. The molecule has 2 heterocycles. The van der Waals surface area contributed by atoms with Gasteiger partial charge in [0, 0.05) is 24.1 Å². The predicted octanol–water partition coefficient (Wildman–Crippen LogP) is 0.0469. The van der Waals surface area contributed by atoms with E-state index in [9.17, 15) is 0 Å². The van der Waals surface area contributed by atoms with Crippen LogP contribution in [0, 0.1) is 6.92 Å². The van der Waals surface area contributed by atoms with Crippen molar-refractivity contribution in [2.75, 3.05) is 13.3 Å². The molecule has 2 aromatic rings. The van der Waals surface area contributed by atoms with Crippen LogP contribution in [0.4, 0.5) is 5.69 Å². The molecule has 0 N–H and O–H groups in total. The van der Waals surface area contributed by atoms with Crippen LogP contribution in [-0.2, 0) is 6.42 Å². The van der Waals surface area contributed by atoms with Gasteiger partial charge in [-0.1, -0.05) is 17.7 Å². The van der Waals surface area contributed by atoms with Crippen LogP contribution in [0.25, 0.3) is 0 Å². The molecule has 21 heavy (non-hydrogen) atoms. The average molecular weight is 346 g/mol. The van der Waals surface area contributed by atoms with E-state index in [0.717, 1.165) is 24.5 Å². The highest BCUT2D eigenvalue weighted by Crippen LogP contribution is 2.35. The van der Waals surface area contributed by atoms with Crippen molar-refractivity contribution in [3.63, 3.8) is 0 Å². The van der Waals surface area contributed by atoms with E-state index in [1.54, 1.807) is 0 Å². The summed E-state index contributed by atoms with van der Waals surface area (Å²) in [5.74, 6) is 1.73. The number of hydrogen-bond acceptors (Lipinski definition) is 2. The smallest absolute Gasteiger partial charge is 0.231 e. The Hall–Kier alpha value is -1.81. The Morgan fingerprint density at radius 1 is 1.00 bits per heavy atom. The Morgan fingerprint density at radius 3 is 2.48 bits per heavy atom. The Balaban J connectivity index is 0.00000132. The zero-order valence-electron chi connectivity index (χ0n) is 11.8. The minimum absolute atomic E-state index is 0. The van der Waals surface area contributed by atoms with Crippen molar-refractivity contribution in [2.24, 2.45) is 0 Å². The molecule has 2 aliphatic heterocycles. The molecule has 0 atom stereocenters. The van der Waals surface area contributed by atoms with Crippen molar-refractivity contribution in [1.29, 1.82) is 0 Å². The number of benzene rings is 2. The van der Waals surface area contributed by atoms with Crippen molar-refractivity contribution in [3.8, 4) is 11.5 Å². The van der Waals surface area contributed by atoms with Gasteiger partial charge in [0.1, 0.15) is 0 Å². The first-order valence-corrected chi connectivity index (χ1v) is 6.90. The van der Waals surface area contributed by atoms with Crippen LogP contribution in [0.1, 0.15) is 16.7 Å².